The molecule has 4 aliphatic rings. The quantitative estimate of drug-likeness (QED) is 0.0178. The second kappa shape index (κ2) is 39.6. The van der Waals surface area contributed by atoms with Crippen molar-refractivity contribution in [2.45, 2.75) is 152 Å². The summed E-state index contributed by atoms with van der Waals surface area (Å²) < 4.78 is 175. The Morgan fingerprint density at radius 3 is 1.46 bits per heavy atom. The maximum atomic E-state index is 14.0. The van der Waals surface area contributed by atoms with Crippen LogP contribution in [0.25, 0.3) is 11.2 Å². The molecule has 6 heterocycles. The summed E-state index contributed by atoms with van der Waals surface area (Å²) in [6.45, 7) is -6.08. The van der Waals surface area contributed by atoms with Crippen LogP contribution < -0.4 is 5.32 Å². The third-order valence-corrected chi connectivity index (χ3v) is 20.2. The van der Waals surface area contributed by atoms with Crippen LogP contribution in [0.5, 0.6) is 0 Å². The van der Waals surface area contributed by atoms with E-state index < -0.39 is 280 Å². The summed E-state index contributed by atoms with van der Waals surface area (Å²) >= 11 is 0. The topological polar surface area (TPSA) is 626 Å². The number of fused-ring (bicyclic) bond motifs is 1. The fraction of sp³-hybridized carbons (Fsp3) is 0.880. The van der Waals surface area contributed by atoms with Crippen molar-refractivity contribution < 1.29 is 191 Å². The van der Waals surface area contributed by atoms with Crippen LogP contribution in [0.15, 0.2) is 12.7 Å². The molecule has 45 nitrogen and oxygen atoms in total. The Balaban J connectivity index is 1.18. The average molecular weight is 1560 g/mol. The van der Waals surface area contributed by atoms with E-state index in [1.807, 2.05) is 0 Å². The minimum atomic E-state index is -5.51. The predicted molar refractivity (Wildman–Crippen MR) is 324 cm³/mol. The SMILES string of the molecule is CC(=O)NC1[C@H](OCCOP(=O)(O)OCOCC(COCOP(=O)(O)OCCO[C@@H]2OC(CO)[C@H](O)[C@H](O)C2C)(COCOP(=O)(O)OCCO[C@@H]2OC(CO)[C@H](O)[C@H](O)C2C)COP(=O)(O)OCC2O[C@@H](n3cnc4c(C)ncnc43)CC2OP(=O)(O)OC(C)C)OC(CO)[C@H](O)[C@@H]1O. The molecule has 4 aliphatic heterocycles. The zero-order valence-corrected chi connectivity index (χ0v) is 59.2. The largest absolute Gasteiger partial charge is 0.474 e. The molecule has 4 fully saturated rings. The van der Waals surface area contributed by atoms with Gasteiger partial charge in [0.15, 0.2) is 44.9 Å². The number of aliphatic hydroxyl groups excluding tert-OH is 9. The summed E-state index contributed by atoms with van der Waals surface area (Å²) in [5, 5.41) is 93.1. The van der Waals surface area contributed by atoms with Crippen molar-refractivity contribution in [2.75, 3.05) is 113 Å². The molecule has 23 atom stereocenters. The standard InChI is InChI=1S/C50H90N5O40P5/c1-27(2)94-100(74,75)95-32-13-37(55-23-53-38-30(5)51-22-52-46(38)55)90-36(32)17-85-99(72,73)86-21-50(18-76-24-87-96(66,67)82-10-7-79-47-28(3)40(60)42(62)33(14-56)91-47,19-77-25-88-97(68,69)83-11-8-80-48-29(4)41(61)43(63)34(15-57)92-48)20-78-26-89-98(70,71)84-12-9-81-49-39(54-31(6)59)45(65)44(64)35(16-58)93-49/h22-23,27-29,32-37,39-45,47-49,56-58,60-65H,7-21,24-26H2,1-6H3,(H,54,59)(H,66,67)(H,68,69)(H,70,71)(H,72,73)(H,74,75)/t28?,29?,32?,33?,34?,35?,36?,37-,39?,40-,41-,42+,43+,44+,45-,47-,48-,49-,50?/m1/s1. The highest BCUT2D eigenvalue weighted by atomic mass is 31.2. The van der Waals surface area contributed by atoms with Gasteiger partial charge in [-0.1, -0.05) is 13.8 Å². The van der Waals surface area contributed by atoms with Gasteiger partial charge in [0.2, 0.25) is 5.91 Å². The van der Waals surface area contributed by atoms with Gasteiger partial charge in [-0.2, -0.15) is 0 Å². The lowest BCUT2D eigenvalue weighted by Gasteiger charge is -2.42. The van der Waals surface area contributed by atoms with Crippen LogP contribution >= 0.6 is 39.1 Å². The van der Waals surface area contributed by atoms with Gasteiger partial charge in [0, 0.05) is 25.2 Å². The number of rotatable bonds is 45. The van der Waals surface area contributed by atoms with Crippen molar-refractivity contribution >= 4 is 56.2 Å². The number of aryl methyl sites for hydroxylation is 1. The Morgan fingerprint density at radius 2 is 1.01 bits per heavy atom. The molecule has 580 valence electrons. The molecule has 0 radical (unpaired) electrons. The van der Waals surface area contributed by atoms with Gasteiger partial charge in [-0.25, -0.2) is 37.8 Å². The Kier molecular flexibility index (Phi) is 34.3. The van der Waals surface area contributed by atoms with E-state index >= 15 is 0 Å². The first-order valence-electron chi connectivity index (χ1n) is 30.6. The molecular weight excluding hydrogens is 1470 g/mol. The fourth-order valence-electron chi connectivity index (χ4n) is 10.0. The van der Waals surface area contributed by atoms with E-state index in [0.29, 0.717) is 11.2 Å². The number of amides is 1. The van der Waals surface area contributed by atoms with Crippen LogP contribution in [0.1, 0.15) is 53.0 Å². The van der Waals surface area contributed by atoms with E-state index in [9.17, 15) is 98.0 Å². The Morgan fingerprint density at radius 1 is 0.570 bits per heavy atom. The van der Waals surface area contributed by atoms with Gasteiger partial charge in [0.05, 0.1) is 128 Å². The molecule has 0 saturated carbocycles. The minimum absolute atomic E-state index is 0.238. The fourth-order valence-corrected chi connectivity index (χ4v) is 13.8. The number of aromatic nitrogens is 4. The molecule has 6 rings (SSSR count). The number of nitrogens with one attached hydrogen (secondary N) is 1. The molecule has 100 heavy (non-hydrogen) atoms. The number of carbonyl (C=O) groups excluding carboxylic acids is 1. The predicted octanol–water partition coefficient (Wildman–Crippen LogP) is -3.08. The number of phosphoric ester groups is 5. The lowest BCUT2D eigenvalue weighted by molar-refractivity contribution is -0.283. The molecule has 0 spiro atoms. The van der Waals surface area contributed by atoms with Crippen LogP contribution in [0.3, 0.4) is 0 Å². The first kappa shape index (κ1) is 86.7. The van der Waals surface area contributed by atoms with E-state index in [-0.39, 0.29) is 12.1 Å². The molecule has 2 aromatic rings. The van der Waals surface area contributed by atoms with Crippen molar-refractivity contribution in [2.24, 2.45) is 17.3 Å². The number of imidazole rings is 1. The van der Waals surface area contributed by atoms with Crippen molar-refractivity contribution in [3.63, 3.8) is 0 Å². The summed E-state index contributed by atoms with van der Waals surface area (Å²) in [6, 6.07) is -1.40. The molecule has 50 heteroatoms. The van der Waals surface area contributed by atoms with Crippen molar-refractivity contribution in [3.8, 4) is 0 Å². The normalized spacial score (nSPS) is 32.7. The smallest absolute Gasteiger partial charge is 0.394 e. The number of hydrogen-bond donors (Lipinski definition) is 15. The highest BCUT2D eigenvalue weighted by Gasteiger charge is 2.49. The van der Waals surface area contributed by atoms with Gasteiger partial charge < -0.3 is 123 Å². The molecule has 0 bridgehead atoms. The van der Waals surface area contributed by atoms with Crippen LogP contribution in [0.4, 0.5) is 0 Å². The van der Waals surface area contributed by atoms with Gasteiger partial charge in [-0.3, -0.25) is 54.6 Å². The number of nitrogens with zero attached hydrogens (tertiary/aromatic N) is 4. The molecular formula is C50H90N5O40P5. The van der Waals surface area contributed by atoms with Crippen molar-refractivity contribution in [3.05, 3.63) is 18.3 Å². The second-order valence-corrected chi connectivity index (χ2v) is 30.5. The Bertz CT molecular complexity index is 3000. The lowest BCUT2D eigenvalue weighted by Crippen LogP contribution is -2.64. The molecule has 1 amide bonds. The van der Waals surface area contributed by atoms with Gasteiger partial charge in [-0.05, 0) is 20.8 Å². The van der Waals surface area contributed by atoms with E-state index in [1.54, 1.807) is 6.92 Å². The zero-order valence-electron chi connectivity index (χ0n) is 54.8. The Labute approximate surface area is 570 Å². The molecule has 13 unspecified atom stereocenters. The van der Waals surface area contributed by atoms with Gasteiger partial charge in [-0.15, -0.1) is 0 Å². The van der Waals surface area contributed by atoms with Crippen molar-refractivity contribution in [1.82, 2.24) is 24.8 Å². The average Bonchev–Trinajstić information content (AvgIpc) is 1.60. The molecule has 4 saturated heterocycles. The van der Waals surface area contributed by atoms with Gasteiger partial charge in [0.1, 0.15) is 79.0 Å². The molecule has 2 aromatic heterocycles. The molecule has 15 N–H and O–H groups in total. The highest BCUT2D eigenvalue weighted by molar-refractivity contribution is 7.48. The number of aliphatic hydroxyl groups is 9. The van der Waals surface area contributed by atoms with E-state index in [2.05, 4.69) is 20.3 Å². The monoisotopic (exact) mass is 1560 g/mol. The van der Waals surface area contributed by atoms with Gasteiger partial charge >= 0.3 is 39.1 Å². The zero-order chi connectivity index (χ0) is 74.0. The summed E-state index contributed by atoms with van der Waals surface area (Å²) in [4.78, 5) is 78.3. The number of carbonyl (C=O) groups is 1. The first-order valence-corrected chi connectivity index (χ1v) is 38.1. The maximum Gasteiger partial charge on any atom is 0.474 e. The van der Waals surface area contributed by atoms with Crippen LogP contribution in [-0.2, 0) is 120 Å². The number of ether oxygens (including phenoxy) is 10. The van der Waals surface area contributed by atoms with E-state index in [4.69, 9.17) is 92.6 Å². The summed E-state index contributed by atoms with van der Waals surface area (Å²) in [5.74, 6) is -2.39. The summed E-state index contributed by atoms with van der Waals surface area (Å²) in [6.07, 6.45) is -19.4. The number of phosphoric acid groups is 5. The molecule has 0 aromatic carbocycles. The maximum absolute atomic E-state index is 14.0. The lowest BCUT2D eigenvalue weighted by atomic mass is 9.92. The van der Waals surface area contributed by atoms with E-state index in [1.165, 1.54) is 44.9 Å². The Hall–Kier alpha value is -2.19. The van der Waals surface area contributed by atoms with Crippen LogP contribution in [0, 0.1) is 24.2 Å². The number of hydrogen-bond acceptors (Lipinski definition) is 38. The summed E-state index contributed by atoms with van der Waals surface area (Å²) in [7, 11) is -25.8. The third-order valence-electron chi connectivity index (χ3n) is 15.2. The van der Waals surface area contributed by atoms with E-state index in [0.717, 1.165) is 6.92 Å². The second-order valence-electron chi connectivity index (χ2n) is 23.3. The van der Waals surface area contributed by atoms with Crippen LogP contribution in [-0.4, -0.2) is 307 Å². The highest BCUT2D eigenvalue weighted by Crippen LogP contribution is 2.52. The molecule has 0 aliphatic carbocycles. The summed E-state index contributed by atoms with van der Waals surface area (Å²) in [5.41, 5.74) is -1.08. The van der Waals surface area contributed by atoms with Crippen LogP contribution in [0.2, 0.25) is 0 Å². The minimum Gasteiger partial charge on any atom is -0.394 e. The third kappa shape index (κ3) is 26.3. The van der Waals surface area contributed by atoms with Gasteiger partial charge in [0.25, 0.3) is 0 Å². The first-order chi connectivity index (χ1) is 46.9. The van der Waals surface area contributed by atoms with Crippen molar-refractivity contribution in [1.29, 1.82) is 0 Å².